The Morgan fingerprint density at radius 3 is 2.53 bits per heavy atom. The fourth-order valence-electron chi connectivity index (χ4n) is 1.05. The molecule has 0 bridgehead atoms. The quantitative estimate of drug-likeness (QED) is 0.753. The number of carboxylic acids is 1. The molecule has 92 valence electrons. The molecule has 1 amide bonds. The van der Waals surface area contributed by atoms with Crippen LogP contribution in [0.2, 0.25) is 0 Å². The number of rotatable bonds is 5. The van der Waals surface area contributed by atoms with Gasteiger partial charge in [0.25, 0.3) is 0 Å². The van der Waals surface area contributed by atoms with Gasteiger partial charge in [-0.1, -0.05) is 0 Å². The Hall–Kier alpha value is -2.18. The van der Waals surface area contributed by atoms with Crippen LogP contribution in [0, 0.1) is 0 Å². The Balaban J connectivity index is 2.42. The van der Waals surface area contributed by atoms with Gasteiger partial charge in [0.1, 0.15) is 5.82 Å². The Labute approximate surface area is 98.5 Å². The lowest BCUT2D eigenvalue weighted by Crippen LogP contribution is -2.24. The van der Waals surface area contributed by atoms with Crippen LogP contribution in [-0.4, -0.2) is 52.5 Å². The molecule has 0 fully saturated rings. The molecular formula is C10H14N4O3. The summed E-state index contributed by atoms with van der Waals surface area (Å²) in [7, 11) is 3.37. The lowest BCUT2D eigenvalue weighted by molar-refractivity contribution is -0.128. The van der Waals surface area contributed by atoms with Crippen molar-refractivity contribution in [2.75, 3.05) is 26.0 Å². The summed E-state index contributed by atoms with van der Waals surface area (Å²) in [6.07, 6.45) is 2.83. The minimum absolute atomic E-state index is 0.00705. The highest BCUT2D eigenvalue weighted by molar-refractivity contribution is 5.84. The van der Waals surface area contributed by atoms with Gasteiger partial charge in [-0.2, -0.15) is 0 Å². The van der Waals surface area contributed by atoms with Gasteiger partial charge >= 0.3 is 5.97 Å². The predicted octanol–water partition coefficient (Wildman–Crippen LogP) is 0.0650. The first-order valence-electron chi connectivity index (χ1n) is 5.00. The highest BCUT2D eigenvalue weighted by Crippen LogP contribution is 2.01. The van der Waals surface area contributed by atoms with E-state index in [1.165, 1.54) is 17.3 Å². The molecule has 0 unspecified atom stereocenters. The summed E-state index contributed by atoms with van der Waals surface area (Å²) in [6.45, 7) is 0.429. The van der Waals surface area contributed by atoms with Crippen molar-refractivity contribution in [3.05, 3.63) is 18.1 Å². The fourth-order valence-corrected chi connectivity index (χ4v) is 1.05. The Kier molecular flexibility index (Phi) is 4.38. The number of amides is 1. The number of nitrogens with one attached hydrogen (secondary N) is 1. The monoisotopic (exact) mass is 238 g/mol. The summed E-state index contributed by atoms with van der Waals surface area (Å²) < 4.78 is 0. The molecule has 0 saturated heterocycles. The highest BCUT2D eigenvalue weighted by Gasteiger charge is 2.06. The van der Waals surface area contributed by atoms with Gasteiger partial charge in [0, 0.05) is 27.1 Å². The number of aromatic carboxylic acids is 1. The average molecular weight is 238 g/mol. The minimum Gasteiger partial charge on any atom is -0.476 e. The zero-order valence-corrected chi connectivity index (χ0v) is 9.67. The Bertz CT molecular complexity index is 403. The molecule has 1 rings (SSSR count). The lowest BCUT2D eigenvalue weighted by atomic mass is 10.4. The first kappa shape index (κ1) is 12.9. The molecule has 1 aromatic heterocycles. The molecule has 1 heterocycles. The van der Waals surface area contributed by atoms with Crippen LogP contribution in [-0.2, 0) is 4.79 Å². The van der Waals surface area contributed by atoms with Gasteiger partial charge in [0.2, 0.25) is 5.91 Å². The first-order valence-corrected chi connectivity index (χ1v) is 5.00. The molecule has 2 N–H and O–H groups in total. The minimum atomic E-state index is -1.12. The standard InChI is InChI=1S/C10H14N4O3/c1-14(2)9(15)3-4-11-8-6-12-7(5-13-8)10(16)17/h5-6H,3-4H2,1-2H3,(H,11,13)(H,16,17). The van der Waals surface area contributed by atoms with Crippen LogP contribution in [0.15, 0.2) is 12.4 Å². The van der Waals surface area contributed by atoms with Gasteiger partial charge in [-0.3, -0.25) is 4.79 Å². The molecule has 0 aromatic carbocycles. The first-order chi connectivity index (χ1) is 8.00. The number of carbonyl (C=O) groups is 2. The SMILES string of the molecule is CN(C)C(=O)CCNc1cnc(C(=O)O)cn1. The van der Waals surface area contributed by atoms with Crippen molar-refractivity contribution in [3.63, 3.8) is 0 Å². The van der Waals surface area contributed by atoms with Crippen molar-refractivity contribution in [2.45, 2.75) is 6.42 Å². The number of hydrogen-bond acceptors (Lipinski definition) is 5. The van der Waals surface area contributed by atoms with Crippen LogP contribution in [0.5, 0.6) is 0 Å². The van der Waals surface area contributed by atoms with E-state index in [9.17, 15) is 9.59 Å². The van der Waals surface area contributed by atoms with Crippen molar-refractivity contribution in [3.8, 4) is 0 Å². The third kappa shape index (κ3) is 4.06. The fraction of sp³-hybridized carbons (Fsp3) is 0.400. The Morgan fingerprint density at radius 2 is 2.06 bits per heavy atom. The summed E-state index contributed by atoms with van der Waals surface area (Å²) in [6, 6.07) is 0. The van der Waals surface area contributed by atoms with Crippen molar-refractivity contribution in [2.24, 2.45) is 0 Å². The van der Waals surface area contributed by atoms with Gasteiger partial charge in [0.15, 0.2) is 5.69 Å². The number of carbonyl (C=O) groups excluding carboxylic acids is 1. The number of hydrogen-bond donors (Lipinski definition) is 2. The van der Waals surface area contributed by atoms with Crippen LogP contribution >= 0.6 is 0 Å². The zero-order valence-electron chi connectivity index (χ0n) is 9.67. The molecular weight excluding hydrogens is 224 g/mol. The molecule has 0 spiro atoms. The zero-order chi connectivity index (χ0) is 12.8. The molecule has 0 aliphatic rings. The second-order valence-corrected chi connectivity index (χ2v) is 3.56. The van der Waals surface area contributed by atoms with Crippen molar-refractivity contribution >= 4 is 17.7 Å². The lowest BCUT2D eigenvalue weighted by Gasteiger charge is -2.10. The maximum Gasteiger partial charge on any atom is 0.356 e. The molecule has 0 saturated carbocycles. The van der Waals surface area contributed by atoms with Gasteiger partial charge in [-0.15, -0.1) is 0 Å². The topological polar surface area (TPSA) is 95.4 Å². The van der Waals surface area contributed by atoms with Gasteiger partial charge in [-0.25, -0.2) is 14.8 Å². The summed E-state index contributed by atoms with van der Waals surface area (Å²) in [5.74, 6) is -0.666. The summed E-state index contributed by atoms with van der Waals surface area (Å²) in [5.41, 5.74) is -0.111. The summed E-state index contributed by atoms with van der Waals surface area (Å²) in [4.78, 5) is 30.8. The van der Waals surface area contributed by atoms with E-state index in [2.05, 4.69) is 15.3 Å². The number of carboxylic acid groups (broad SMARTS) is 1. The van der Waals surface area contributed by atoms with E-state index in [1.807, 2.05) is 0 Å². The summed E-state index contributed by atoms with van der Waals surface area (Å²) >= 11 is 0. The third-order valence-corrected chi connectivity index (χ3v) is 2.01. The smallest absolute Gasteiger partial charge is 0.356 e. The molecule has 17 heavy (non-hydrogen) atoms. The van der Waals surface area contributed by atoms with E-state index < -0.39 is 5.97 Å². The van der Waals surface area contributed by atoms with Crippen molar-refractivity contribution in [1.82, 2.24) is 14.9 Å². The number of anilines is 1. The third-order valence-electron chi connectivity index (χ3n) is 2.01. The van der Waals surface area contributed by atoms with Crippen LogP contribution in [0.4, 0.5) is 5.82 Å². The van der Waals surface area contributed by atoms with Crippen molar-refractivity contribution < 1.29 is 14.7 Å². The van der Waals surface area contributed by atoms with E-state index in [1.54, 1.807) is 14.1 Å². The van der Waals surface area contributed by atoms with Gasteiger partial charge in [-0.05, 0) is 0 Å². The molecule has 0 aliphatic carbocycles. The molecule has 0 aliphatic heterocycles. The molecule has 1 aromatic rings. The van der Waals surface area contributed by atoms with E-state index >= 15 is 0 Å². The second-order valence-electron chi connectivity index (χ2n) is 3.56. The molecule has 0 atom stereocenters. The van der Waals surface area contributed by atoms with Crippen LogP contribution < -0.4 is 5.32 Å². The average Bonchev–Trinajstić information content (AvgIpc) is 2.29. The molecule has 7 heteroatoms. The summed E-state index contributed by atoms with van der Waals surface area (Å²) in [5, 5.41) is 11.5. The predicted molar refractivity (Wildman–Crippen MR) is 60.8 cm³/mol. The van der Waals surface area contributed by atoms with Crippen molar-refractivity contribution in [1.29, 1.82) is 0 Å². The normalized spacial score (nSPS) is 9.76. The van der Waals surface area contributed by atoms with Gasteiger partial charge in [0.05, 0.1) is 12.4 Å². The maximum absolute atomic E-state index is 11.2. The second kappa shape index (κ2) is 5.78. The van der Waals surface area contributed by atoms with Gasteiger partial charge < -0.3 is 15.3 Å². The highest BCUT2D eigenvalue weighted by atomic mass is 16.4. The maximum atomic E-state index is 11.2. The number of aromatic nitrogens is 2. The van der Waals surface area contributed by atoms with E-state index in [-0.39, 0.29) is 11.6 Å². The Morgan fingerprint density at radius 1 is 1.35 bits per heavy atom. The van der Waals surface area contributed by atoms with Crippen LogP contribution in [0.1, 0.15) is 16.9 Å². The molecule has 0 radical (unpaired) electrons. The number of nitrogens with zero attached hydrogens (tertiary/aromatic N) is 3. The van der Waals surface area contributed by atoms with Crippen LogP contribution in [0.25, 0.3) is 0 Å². The molecule has 7 nitrogen and oxygen atoms in total. The van der Waals surface area contributed by atoms with Crippen LogP contribution in [0.3, 0.4) is 0 Å². The van der Waals surface area contributed by atoms with E-state index in [4.69, 9.17) is 5.11 Å². The van der Waals surface area contributed by atoms with E-state index in [0.29, 0.717) is 18.8 Å². The largest absolute Gasteiger partial charge is 0.476 e. The van der Waals surface area contributed by atoms with E-state index in [0.717, 1.165) is 0 Å².